The number of hydrogen-bond donors (Lipinski definition) is 1. The van der Waals surface area contributed by atoms with E-state index in [0.717, 1.165) is 18.8 Å². The van der Waals surface area contributed by atoms with E-state index in [-0.39, 0.29) is 12.8 Å². The predicted molar refractivity (Wildman–Crippen MR) is 72.5 cm³/mol. The van der Waals surface area contributed by atoms with Crippen molar-refractivity contribution < 1.29 is 18.6 Å². The molecule has 0 saturated heterocycles. The molecular weight excluding hydrogens is 262 g/mol. The topological polar surface area (TPSA) is 29.5 Å². The van der Waals surface area contributed by atoms with Gasteiger partial charge in [0.2, 0.25) is 0 Å². The summed E-state index contributed by atoms with van der Waals surface area (Å²) in [4.78, 5) is 0. The fourth-order valence-electron chi connectivity index (χ4n) is 3.89. The van der Waals surface area contributed by atoms with E-state index in [4.69, 9.17) is 4.74 Å². The molecule has 0 atom stereocenters. The van der Waals surface area contributed by atoms with Crippen LogP contribution in [0.15, 0.2) is 11.7 Å². The monoisotopic (exact) mass is 286 g/mol. The number of ether oxygens (including phenoxy) is 1. The molecule has 2 fully saturated rings. The lowest BCUT2D eigenvalue weighted by Gasteiger charge is -2.48. The summed E-state index contributed by atoms with van der Waals surface area (Å²) >= 11 is 0. The second-order valence-electron chi connectivity index (χ2n) is 7.09. The first-order valence-corrected chi connectivity index (χ1v) is 7.88. The normalized spacial score (nSPS) is 45.0. The van der Waals surface area contributed by atoms with Crippen LogP contribution >= 0.6 is 0 Å². The van der Waals surface area contributed by atoms with Gasteiger partial charge in [0.05, 0.1) is 6.61 Å². The zero-order chi connectivity index (χ0) is 14.4. The standard InChI is InChI=1S/C16H24F2O2/c1-11-2-4-12(5-3-11)10-20-16-8-6-15(19,7-9-16)13(17)14(16)18/h11-12,19H,2-10H2,1H3. The van der Waals surface area contributed by atoms with Crippen molar-refractivity contribution >= 4 is 0 Å². The van der Waals surface area contributed by atoms with Crippen LogP contribution in [0.4, 0.5) is 8.78 Å². The maximum atomic E-state index is 14.2. The Labute approximate surface area is 119 Å². The third-order valence-electron chi connectivity index (χ3n) is 5.62. The van der Waals surface area contributed by atoms with Gasteiger partial charge in [0, 0.05) is 0 Å². The summed E-state index contributed by atoms with van der Waals surface area (Å²) in [6.07, 6.45) is 5.98. The van der Waals surface area contributed by atoms with Gasteiger partial charge in [-0.15, -0.1) is 0 Å². The minimum atomic E-state index is -1.56. The van der Waals surface area contributed by atoms with Gasteiger partial charge in [-0.1, -0.05) is 19.8 Å². The van der Waals surface area contributed by atoms with Crippen molar-refractivity contribution in [3.8, 4) is 0 Å². The van der Waals surface area contributed by atoms with Crippen molar-refractivity contribution in [2.45, 2.75) is 69.5 Å². The average molecular weight is 286 g/mol. The Kier molecular flexibility index (Phi) is 3.66. The van der Waals surface area contributed by atoms with Crippen molar-refractivity contribution in [3.63, 3.8) is 0 Å². The van der Waals surface area contributed by atoms with Crippen LogP contribution in [0.1, 0.15) is 58.3 Å². The molecule has 0 aromatic rings. The lowest BCUT2D eigenvalue weighted by atomic mass is 9.68. The Morgan fingerprint density at radius 1 is 1.05 bits per heavy atom. The molecule has 0 heterocycles. The molecule has 0 amide bonds. The van der Waals surface area contributed by atoms with E-state index in [1.54, 1.807) is 0 Å². The average Bonchev–Trinajstić information content (AvgIpc) is 2.46. The molecule has 114 valence electrons. The summed E-state index contributed by atoms with van der Waals surface area (Å²) in [6.45, 7) is 2.78. The first-order valence-electron chi connectivity index (χ1n) is 7.88. The first-order chi connectivity index (χ1) is 9.45. The molecule has 20 heavy (non-hydrogen) atoms. The van der Waals surface area contributed by atoms with E-state index in [2.05, 4.69) is 6.92 Å². The second kappa shape index (κ2) is 5.06. The van der Waals surface area contributed by atoms with Gasteiger partial charge in [-0.2, -0.15) is 0 Å². The second-order valence-corrected chi connectivity index (χ2v) is 7.09. The Hall–Kier alpha value is -0.480. The number of fused-ring (bicyclic) bond motifs is 2. The number of hydrogen-bond acceptors (Lipinski definition) is 2. The SMILES string of the molecule is CC1CCC(COC23CCC(O)(CC2)C(F)=C3F)CC1. The molecule has 0 unspecified atom stereocenters. The summed E-state index contributed by atoms with van der Waals surface area (Å²) in [5.41, 5.74) is -2.65. The summed E-state index contributed by atoms with van der Waals surface area (Å²) in [6, 6.07) is 0. The van der Waals surface area contributed by atoms with E-state index in [9.17, 15) is 13.9 Å². The number of halogens is 2. The smallest absolute Gasteiger partial charge is 0.166 e. The number of rotatable bonds is 3. The van der Waals surface area contributed by atoms with Gasteiger partial charge in [-0.25, -0.2) is 8.78 Å². The lowest BCUT2D eigenvalue weighted by molar-refractivity contribution is -0.135. The maximum Gasteiger partial charge on any atom is 0.166 e. The fourth-order valence-corrected chi connectivity index (χ4v) is 3.89. The lowest BCUT2D eigenvalue weighted by Crippen LogP contribution is -2.52. The van der Waals surface area contributed by atoms with E-state index in [0.29, 0.717) is 25.4 Å². The predicted octanol–water partition coefficient (Wildman–Crippen LogP) is 4.04. The minimum absolute atomic E-state index is 0.272. The van der Waals surface area contributed by atoms with Gasteiger partial charge in [0.1, 0.15) is 11.2 Å². The molecule has 0 aromatic heterocycles. The van der Waals surface area contributed by atoms with Gasteiger partial charge in [-0.05, 0) is 50.4 Å². The van der Waals surface area contributed by atoms with Crippen LogP contribution < -0.4 is 0 Å². The Bertz CT molecular complexity index is 403. The molecule has 4 aliphatic rings. The van der Waals surface area contributed by atoms with Crippen LogP contribution in [0.2, 0.25) is 0 Å². The van der Waals surface area contributed by atoms with Crippen LogP contribution in [-0.2, 0) is 4.74 Å². The van der Waals surface area contributed by atoms with E-state index < -0.39 is 22.9 Å². The van der Waals surface area contributed by atoms with Crippen LogP contribution in [0.3, 0.4) is 0 Å². The molecular formula is C16H24F2O2. The van der Waals surface area contributed by atoms with E-state index >= 15 is 0 Å². The van der Waals surface area contributed by atoms with Crippen molar-refractivity contribution in [1.82, 2.24) is 0 Å². The minimum Gasteiger partial charge on any atom is -0.383 e. The number of aliphatic hydroxyl groups is 1. The van der Waals surface area contributed by atoms with Crippen molar-refractivity contribution in [3.05, 3.63) is 11.7 Å². The van der Waals surface area contributed by atoms with Crippen molar-refractivity contribution in [2.24, 2.45) is 11.8 Å². The zero-order valence-corrected chi connectivity index (χ0v) is 12.1. The van der Waals surface area contributed by atoms with Gasteiger partial charge in [-0.3, -0.25) is 0 Å². The molecule has 2 saturated carbocycles. The molecule has 1 N–H and O–H groups in total. The van der Waals surface area contributed by atoms with Gasteiger partial charge in [0.25, 0.3) is 0 Å². The van der Waals surface area contributed by atoms with Crippen LogP contribution in [0.25, 0.3) is 0 Å². The molecule has 4 rings (SSSR count). The molecule has 2 bridgehead atoms. The molecule has 0 aromatic carbocycles. The highest BCUT2D eigenvalue weighted by Gasteiger charge is 2.56. The van der Waals surface area contributed by atoms with Gasteiger partial charge >= 0.3 is 0 Å². The Balaban J connectivity index is 1.65. The molecule has 0 spiro atoms. The fraction of sp³-hybridized carbons (Fsp3) is 0.875. The maximum absolute atomic E-state index is 14.2. The highest BCUT2D eigenvalue weighted by Crippen LogP contribution is 2.53. The highest BCUT2D eigenvalue weighted by molar-refractivity contribution is 5.30. The summed E-state index contributed by atoms with van der Waals surface area (Å²) < 4.78 is 34.0. The van der Waals surface area contributed by atoms with Crippen LogP contribution in [0.5, 0.6) is 0 Å². The summed E-state index contributed by atoms with van der Waals surface area (Å²) in [7, 11) is 0. The third kappa shape index (κ3) is 2.31. The van der Waals surface area contributed by atoms with Crippen LogP contribution in [-0.4, -0.2) is 22.9 Å². The van der Waals surface area contributed by atoms with Gasteiger partial charge in [0.15, 0.2) is 11.7 Å². The van der Waals surface area contributed by atoms with Gasteiger partial charge < -0.3 is 9.84 Å². The molecule has 0 radical (unpaired) electrons. The molecule has 0 aliphatic heterocycles. The zero-order valence-electron chi connectivity index (χ0n) is 12.1. The van der Waals surface area contributed by atoms with Crippen molar-refractivity contribution in [2.75, 3.05) is 6.61 Å². The Morgan fingerprint density at radius 2 is 1.65 bits per heavy atom. The third-order valence-corrected chi connectivity index (χ3v) is 5.62. The molecule has 4 aliphatic carbocycles. The quantitative estimate of drug-likeness (QED) is 0.848. The van der Waals surface area contributed by atoms with Crippen LogP contribution in [0, 0.1) is 11.8 Å². The van der Waals surface area contributed by atoms with E-state index in [1.807, 2.05) is 0 Å². The van der Waals surface area contributed by atoms with Crippen molar-refractivity contribution in [1.29, 1.82) is 0 Å². The summed E-state index contributed by atoms with van der Waals surface area (Å²) in [5.74, 6) is -0.578. The Morgan fingerprint density at radius 3 is 2.25 bits per heavy atom. The molecule has 2 nitrogen and oxygen atoms in total. The largest absolute Gasteiger partial charge is 0.383 e. The highest BCUT2D eigenvalue weighted by atomic mass is 19.2. The molecule has 4 heteroatoms. The summed E-state index contributed by atoms with van der Waals surface area (Å²) in [5, 5.41) is 9.99. The van der Waals surface area contributed by atoms with E-state index in [1.165, 1.54) is 12.8 Å². The first kappa shape index (κ1) is 14.5.